The van der Waals surface area contributed by atoms with Gasteiger partial charge in [0.25, 0.3) is 5.78 Å². The van der Waals surface area contributed by atoms with Gasteiger partial charge in [-0.05, 0) is 51.1 Å². The number of anilines is 1. The van der Waals surface area contributed by atoms with Crippen LogP contribution in [0.25, 0.3) is 5.76 Å². The first kappa shape index (κ1) is 27.6. The number of ketones is 1. The summed E-state index contributed by atoms with van der Waals surface area (Å²) in [5.74, 6) is -1.57. The van der Waals surface area contributed by atoms with E-state index in [1.54, 1.807) is 56.3 Å². The van der Waals surface area contributed by atoms with Crippen molar-refractivity contribution in [2.75, 3.05) is 32.3 Å². The van der Waals surface area contributed by atoms with Crippen molar-refractivity contribution in [3.05, 3.63) is 69.7 Å². The molecule has 1 N–H and O–H groups in total. The first-order chi connectivity index (χ1) is 18.8. The minimum Gasteiger partial charge on any atom is -0.507 e. The molecule has 1 fully saturated rings. The Morgan fingerprint density at radius 1 is 1.05 bits per heavy atom. The molecule has 4 rings (SSSR count). The smallest absolute Gasteiger partial charge is 0.350 e. The second-order valence-electron chi connectivity index (χ2n) is 8.34. The standard InChI is InChI=1S/C28H28N2O8S/c1-6-37-17-13-11-16(12-14-17)22(31)20-21(18-9-8-10-19(35-4)24(18)36-5)30(26(33)23(20)32)28-29-15(3)25(39-28)27(34)38-7-2/h8-14,21,31H,6-7H2,1-5H3/b22-20+. The van der Waals surface area contributed by atoms with E-state index in [9.17, 15) is 19.5 Å². The Bertz CT molecular complexity index is 1440. The number of thiazole rings is 1. The molecule has 0 bridgehead atoms. The van der Waals surface area contributed by atoms with E-state index < -0.39 is 23.7 Å². The lowest BCUT2D eigenvalue weighted by atomic mass is 9.94. The SMILES string of the molecule is CCOC(=O)c1sc(N2C(=O)C(=O)/C(=C(/O)c3ccc(OCC)cc3)C2c2cccc(OC)c2OC)nc1C. The summed E-state index contributed by atoms with van der Waals surface area (Å²) >= 11 is 0.924. The lowest BCUT2D eigenvalue weighted by Gasteiger charge is -2.25. The third kappa shape index (κ3) is 5.05. The minimum absolute atomic E-state index is 0.0956. The number of hydrogen-bond acceptors (Lipinski definition) is 10. The van der Waals surface area contributed by atoms with Crippen LogP contribution in [-0.2, 0) is 14.3 Å². The quantitative estimate of drug-likeness (QED) is 0.174. The third-order valence-corrected chi connectivity index (χ3v) is 7.20. The Morgan fingerprint density at radius 2 is 1.77 bits per heavy atom. The van der Waals surface area contributed by atoms with Crippen molar-refractivity contribution >= 4 is 39.9 Å². The lowest BCUT2D eigenvalue weighted by Crippen LogP contribution is -2.29. The fourth-order valence-electron chi connectivity index (χ4n) is 4.35. The molecule has 0 radical (unpaired) electrons. The van der Waals surface area contributed by atoms with Gasteiger partial charge in [-0.25, -0.2) is 9.78 Å². The highest BCUT2D eigenvalue weighted by molar-refractivity contribution is 7.17. The normalized spacial score (nSPS) is 16.3. The largest absolute Gasteiger partial charge is 0.507 e. The zero-order chi connectivity index (χ0) is 28.3. The average molecular weight is 553 g/mol. The zero-order valence-corrected chi connectivity index (χ0v) is 23.0. The van der Waals surface area contributed by atoms with E-state index in [-0.39, 0.29) is 33.7 Å². The third-order valence-electron chi connectivity index (χ3n) is 6.06. The summed E-state index contributed by atoms with van der Waals surface area (Å²) in [6.45, 7) is 5.78. The van der Waals surface area contributed by atoms with Gasteiger partial charge in [0, 0.05) is 11.1 Å². The van der Waals surface area contributed by atoms with Crippen LogP contribution in [0.15, 0.2) is 48.0 Å². The summed E-state index contributed by atoms with van der Waals surface area (Å²) in [5.41, 5.74) is 0.874. The van der Waals surface area contributed by atoms with Gasteiger partial charge in [-0.15, -0.1) is 0 Å². The van der Waals surface area contributed by atoms with E-state index >= 15 is 0 Å². The number of hydrogen-bond donors (Lipinski definition) is 1. The lowest BCUT2D eigenvalue weighted by molar-refractivity contribution is -0.132. The summed E-state index contributed by atoms with van der Waals surface area (Å²) in [6.07, 6.45) is 0. The number of methoxy groups -OCH3 is 2. The van der Waals surface area contributed by atoms with Crippen molar-refractivity contribution in [3.63, 3.8) is 0 Å². The number of esters is 1. The van der Waals surface area contributed by atoms with Crippen LogP contribution in [0.4, 0.5) is 5.13 Å². The topological polar surface area (TPSA) is 124 Å². The summed E-state index contributed by atoms with van der Waals surface area (Å²) in [6, 6.07) is 10.4. The van der Waals surface area contributed by atoms with Gasteiger partial charge in [-0.3, -0.25) is 14.5 Å². The zero-order valence-electron chi connectivity index (χ0n) is 22.1. The van der Waals surface area contributed by atoms with Crippen molar-refractivity contribution in [1.82, 2.24) is 4.98 Å². The van der Waals surface area contributed by atoms with Crippen molar-refractivity contribution in [3.8, 4) is 17.2 Å². The van der Waals surface area contributed by atoms with Crippen molar-refractivity contribution < 1.29 is 38.4 Å². The van der Waals surface area contributed by atoms with Crippen LogP contribution in [0.5, 0.6) is 17.2 Å². The summed E-state index contributed by atoms with van der Waals surface area (Å²) in [7, 11) is 2.90. The Morgan fingerprint density at radius 3 is 2.38 bits per heavy atom. The summed E-state index contributed by atoms with van der Waals surface area (Å²) in [5, 5.41) is 11.5. The van der Waals surface area contributed by atoms with E-state index in [2.05, 4.69) is 4.98 Å². The molecule has 204 valence electrons. The molecule has 1 saturated heterocycles. The van der Waals surface area contributed by atoms with Crippen LogP contribution in [0.2, 0.25) is 0 Å². The van der Waals surface area contributed by atoms with Gasteiger partial charge in [0.2, 0.25) is 0 Å². The number of amides is 1. The maximum atomic E-state index is 13.5. The molecule has 11 heteroatoms. The summed E-state index contributed by atoms with van der Waals surface area (Å²) in [4.78, 5) is 45.3. The first-order valence-corrected chi connectivity index (χ1v) is 13.0. The molecular weight excluding hydrogens is 524 g/mol. The first-order valence-electron chi connectivity index (χ1n) is 12.2. The van der Waals surface area contributed by atoms with E-state index in [1.807, 2.05) is 6.92 Å². The highest BCUT2D eigenvalue weighted by atomic mass is 32.1. The van der Waals surface area contributed by atoms with Crippen LogP contribution in [0.3, 0.4) is 0 Å². The maximum Gasteiger partial charge on any atom is 0.350 e. The van der Waals surface area contributed by atoms with Crippen LogP contribution in [0, 0.1) is 6.92 Å². The van der Waals surface area contributed by atoms with E-state index in [0.29, 0.717) is 34.9 Å². The Kier molecular flexibility index (Phi) is 8.20. The van der Waals surface area contributed by atoms with Gasteiger partial charge in [0.1, 0.15) is 22.4 Å². The van der Waals surface area contributed by atoms with Gasteiger partial charge in [0.15, 0.2) is 16.6 Å². The monoisotopic (exact) mass is 552 g/mol. The molecule has 2 heterocycles. The molecule has 1 atom stereocenters. The Balaban J connectivity index is 1.95. The van der Waals surface area contributed by atoms with Crippen LogP contribution >= 0.6 is 11.3 Å². The number of carbonyl (C=O) groups excluding carboxylic acids is 3. The maximum absolute atomic E-state index is 13.5. The van der Waals surface area contributed by atoms with Crippen molar-refractivity contribution in [2.24, 2.45) is 0 Å². The van der Waals surface area contributed by atoms with Crippen molar-refractivity contribution in [1.29, 1.82) is 0 Å². The van der Waals surface area contributed by atoms with Gasteiger partial charge >= 0.3 is 11.9 Å². The molecule has 2 aromatic carbocycles. The predicted octanol–water partition coefficient (Wildman–Crippen LogP) is 4.67. The molecule has 0 spiro atoms. The number of carbonyl (C=O) groups is 3. The molecule has 1 amide bonds. The number of aryl methyl sites for hydroxylation is 1. The molecule has 3 aromatic rings. The van der Waals surface area contributed by atoms with E-state index in [0.717, 1.165) is 11.3 Å². The van der Waals surface area contributed by atoms with Gasteiger partial charge < -0.3 is 24.1 Å². The number of Topliss-reactive ketones (excluding diaryl/α,β-unsaturated/α-hetero) is 1. The average Bonchev–Trinajstić information content (AvgIpc) is 3.44. The highest BCUT2D eigenvalue weighted by Crippen LogP contribution is 2.48. The molecule has 10 nitrogen and oxygen atoms in total. The van der Waals surface area contributed by atoms with E-state index in [1.165, 1.54) is 19.1 Å². The molecule has 1 aromatic heterocycles. The summed E-state index contributed by atoms with van der Waals surface area (Å²) < 4.78 is 21.7. The van der Waals surface area contributed by atoms with Crippen LogP contribution < -0.4 is 19.1 Å². The second-order valence-corrected chi connectivity index (χ2v) is 9.32. The molecule has 1 unspecified atom stereocenters. The van der Waals surface area contributed by atoms with E-state index in [4.69, 9.17) is 18.9 Å². The van der Waals surface area contributed by atoms with Gasteiger partial charge in [0.05, 0.1) is 38.7 Å². The number of ether oxygens (including phenoxy) is 4. The predicted molar refractivity (Wildman–Crippen MR) is 145 cm³/mol. The Labute approximate surface area is 229 Å². The molecule has 0 aliphatic carbocycles. The molecule has 1 aliphatic heterocycles. The minimum atomic E-state index is -1.14. The number of aliphatic hydroxyl groups excluding tert-OH is 1. The Hall–Kier alpha value is -4.38. The molecule has 1 aliphatic rings. The highest BCUT2D eigenvalue weighted by Gasteiger charge is 2.49. The number of aromatic nitrogens is 1. The molecule has 39 heavy (non-hydrogen) atoms. The number of nitrogens with zero attached hydrogens (tertiary/aromatic N) is 2. The number of rotatable bonds is 9. The van der Waals surface area contributed by atoms with Crippen molar-refractivity contribution in [2.45, 2.75) is 26.8 Å². The van der Waals surface area contributed by atoms with Gasteiger partial charge in [-0.1, -0.05) is 23.5 Å². The molecule has 0 saturated carbocycles. The molecular formula is C28H28N2O8S. The number of benzene rings is 2. The fourth-order valence-corrected chi connectivity index (χ4v) is 5.34. The van der Waals surface area contributed by atoms with Crippen LogP contribution in [-0.4, -0.2) is 55.2 Å². The van der Waals surface area contributed by atoms with Gasteiger partial charge in [-0.2, -0.15) is 0 Å². The van der Waals surface area contributed by atoms with Crippen LogP contribution in [0.1, 0.15) is 46.4 Å². The second kappa shape index (κ2) is 11.6. The number of para-hydroxylation sites is 1. The fraction of sp³-hybridized carbons (Fsp3) is 0.286. The number of aliphatic hydroxyl groups is 1.